The van der Waals surface area contributed by atoms with Gasteiger partial charge in [0, 0.05) is 32.4 Å². The second-order valence-electron chi connectivity index (χ2n) is 28.1. The summed E-state index contributed by atoms with van der Waals surface area (Å²) in [6, 6.07) is 5.11. The molecule has 0 radical (unpaired) electrons. The van der Waals surface area contributed by atoms with E-state index in [4.69, 9.17) is 11.5 Å². The molecule has 0 aliphatic carbocycles. The molecule has 12 atom stereocenters. The Morgan fingerprint density at radius 2 is 0.720 bits per heavy atom. The zero-order valence-electron chi connectivity index (χ0n) is 59.1. The standard InChI is InChI=1S/C72H106N14O14/c1-40(2)35-52-63(91)75-44(9)71(99)85-33-15-21-57(85)67(95)80-54(37-46-23-27-48(87)28-24-46)65(93)83-60(43(7)8)70(98)77-51(20-14-32-74)62(90)79-53(36-41(3)4)64(92)82-56(39-45-17-11-10-12-18-45)72(100)86-34-16-22-58(86)68(96)81-55(38-47-25-29-49(88)30-26-47)66(94)84-59(42(5)6)69(97)76-50(19-13-31-73)61(89)78-52/h10-12,17-18,23-30,40-44,50-60,87-88H,13-16,19-22,31-39,73-74H2,1-9H3,(H,75,91)(H,76,97)(H,77,98)(H,78,89)(H,79,90)(H,80,95)(H,81,96)(H,82,92)(H,83,93)(H,84,94)/t44-,50+,51+,52+,53+,54-,55-,56-,57+,58+,59+,60+/m1/s1. The number of nitrogens with two attached hydrogens (primary N) is 2. The van der Waals surface area contributed by atoms with Gasteiger partial charge in [0.1, 0.15) is 84.0 Å². The molecule has 0 spiro atoms. The zero-order chi connectivity index (χ0) is 73.5. The van der Waals surface area contributed by atoms with Gasteiger partial charge in [-0.3, -0.25) is 57.5 Å². The largest absolute Gasteiger partial charge is 0.508 e. The minimum absolute atomic E-state index is 0.00157. The van der Waals surface area contributed by atoms with Crippen molar-refractivity contribution in [2.75, 3.05) is 26.2 Å². The number of nitrogens with one attached hydrogen (secondary N) is 10. The molecule has 28 nitrogen and oxygen atoms in total. The summed E-state index contributed by atoms with van der Waals surface area (Å²) in [5.74, 6) is -10.8. The van der Waals surface area contributed by atoms with Gasteiger partial charge in [0.2, 0.25) is 70.9 Å². The summed E-state index contributed by atoms with van der Waals surface area (Å²) in [5.41, 5.74) is 13.6. The molecule has 16 N–H and O–H groups in total. The van der Waals surface area contributed by atoms with E-state index in [1.165, 1.54) is 41.0 Å². The maximum Gasteiger partial charge on any atom is 0.246 e. The Morgan fingerprint density at radius 1 is 0.390 bits per heavy atom. The molecule has 6 rings (SSSR count). The zero-order valence-corrected chi connectivity index (χ0v) is 59.1. The lowest BCUT2D eigenvalue weighted by Gasteiger charge is -2.32. The van der Waals surface area contributed by atoms with Crippen LogP contribution in [0.1, 0.15) is 143 Å². The summed E-state index contributed by atoms with van der Waals surface area (Å²) in [5, 5.41) is 48.3. The van der Waals surface area contributed by atoms with Gasteiger partial charge in [-0.2, -0.15) is 0 Å². The third kappa shape index (κ3) is 23.5. The molecule has 0 aromatic heterocycles. The lowest BCUT2D eigenvalue weighted by molar-refractivity contribution is -0.142. The molecule has 0 unspecified atom stereocenters. The van der Waals surface area contributed by atoms with E-state index >= 15 is 4.79 Å². The fourth-order valence-corrected chi connectivity index (χ4v) is 12.7. The van der Waals surface area contributed by atoms with Crippen LogP contribution in [-0.2, 0) is 76.8 Å². The van der Waals surface area contributed by atoms with Crippen LogP contribution < -0.4 is 64.6 Å². The van der Waals surface area contributed by atoms with Crippen LogP contribution in [0.3, 0.4) is 0 Å². The fraction of sp³-hybridized carbons (Fsp3) is 0.583. The Balaban J connectivity index is 1.41. The van der Waals surface area contributed by atoms with Crippen molar-refractivity contribution in [3.63, 3.8) is 0 Å². The molecule has 3 aliphatic heterocycles. The smallest absolute Gasteiger partial charge is 0.246 e. The van der Waals surface area contributed by atoms with Crippen LogP contribution in [0.25, 0.3) is 0 Å². The highest BCUT2D eigenvalue weighted by atomic mass is 16.3. The first kappa shape index (κ1) is 79.8. The highest BCUT2D eigenvalue weighted by Gasteiger charge is 2.43. The Kier molecular flexibility index (Phi) is 30.7. The predicted molar refractivity (Wildman–Crippen MR) is 373 cm³/mol. The van der Waals surface area contributed by atoms with Gasteiger partial charge in [-0.05, 0) is 149 Å². The highest BCUT2D eigenvalue weighted by molar-refractivity contribution is 6.00. The number of phenolic OH excluding ortho intramolecular Hbond substituents is 2. The van der Waals surface area contributed by atoms with Crippen molar-refractivity contribution in [2.45, 2.75) is 218 Å². The van der Waals surface area contributed by atoms with Crippen LogP contribution in [0.2, 0.25) is 0 Å². The van der Waals surface area contributed by atoms with Gasteiger partial charge in [-0.25, -0.2) is 0 Å². The molecular weight excluding hydrogens is 1280 g/mol. The number of phenols is 2. The van der Waals surface area contributed by atoms with E-state index in [2.05, 4.69) is 53.2 Å². The molecule has 0 bridgehead atoms. The van der Waals surface area contributed by atoms with Crippen molar-refractivity contribution in [1.29, 1.82) is 0 Å². The minimum atomic E-state index is -1.40. The third-order valence-corrected chi connectivity index (χ3v) is 18.2. The molecule has 12 amide bonds. The van der Waals surface area contributed by atoms with Crippen LogP contribution in [0, 0.1) is 23.7 Å². The van der Waals surface area contributed by atoms with Gasteiger partial charge in [0.15, 0.2) is 0 Å². The maximum absolute atomic E-state index is 15.2. The second kappa shape index (κ2) is 38.4. The van der Waals surface area contributed by atoms with Gasteiger partial charge in [0.25, 0.3) is 0 Å². The lowest BCUT2D eigenvalue weighted by atomic mass is 9.98. The van der Waals surface area contributed by atoms with Crippen LogP contribution in [0.5, 0.6) is 11.5 Å². The SMILES string of the molecule is CC(C)C[C@@H]1NC(=O)[C@H](CCCN)NC(=O)[C@H](C(C)C)NC(=O)[C@@H](Cc2ccc(O)cc2)NC(=O)[C@@H]2CCCN2C(=O)[C@@H](Cc2ccccc2)NC(=O)[C@H](CC(C)C)NC(=O)[C@H](CCCN)NC(=O)[C@H](C(C)C)NC(=O)[C@@H](Cc2ccc(O)cc2)NC(=O)[C@@H]2CCCN2C(=O)[C@@H](C)NC1=O. The third-order valence-electron chi connectivity index (χ3n) is 18.2. The maximum atomic E-state index is 15.2. The van der Waals surface area contributed by atoms with E-state index in [1.54, 1.807) is 82.3 Å². The lowest BCUT2D eigenvalue weighted by Crippen LogP contribution is -2.62. The molecule has 28 heteroatoms. The fourth-order valence-electron chi connectivity index (χ4n) is 12.7. The first-order valence-corrected chi connectivity index (χ1v) is 35.1. The molecule has 100 heavy (non-hydrogen) atoms. The molecule has 3 aliphatic rings. The van der Waals surface area contributed by atoms with E-state index in [0.717, 1.165) is 0 Å². The first-order valence-electron chi connectivity index (χ1n) is 35.1. The topological polar surface area (TPSA) is 424 Å². The highest BCUT2D eigenvalue weighted by Crippen LogP contribution is 2.24. The van der Waals surface area contributed by atoms with Crippen LogP contribution in [-0.4, -0.2) is 190 Å². The van der Waals surface area contributed by atoms with Crippen molar-refractivity contribution in [2.24, 2.45) is 35.1 Å². The number of hydrogen-bond donors (Lipinski definition) is 14. The Bertz CT molecular complexity index is 3290. The van der Waals surface area contributed by atoms with Gasteiger partial charge in [-0.1, -0.05) is 110 Å². The van der Waals surface area contributed by atoms with E-state index < -0.39 is 155 Å². The molecule has 548 valence electrons. The van der Waals surface area contributed by atoms with Gasteiger partial charge < -0.3 is 84.6 Å². The van der Waals surface area contributed by atoms with Crippen LogP contribution in [0.4, 0.5) is 0 Å². The average molecular weight is 1390 g/mol. The van der Waals surface area contributed by atoms with E-state index in [0.29, 0.717) is 29.5 Å². The molecule has 3 aromatic carbocycles. The van der Waals surface area contributed by atoms with Gasteiger partial charge in [-0.15, -0.1) is 0 Å². The summed E-state index contributed by atoms with van der Waals surface area (Å²) in [6.07, 6.45) is 1.26. The number of aromatic hydroxyl groups is 2. The van der Waals surface area contributed by atoms with Crippen molar-refractivity contribution in [1.82, 2.24) is 63.0 Å². The number of fused-ring (bicyclic) bond motifs is 2. The van der Waals surface area contributed by atoms with E-state index in [-0.39, 0.29) is 120 Å². The van der Waals surface area contributed by atoms with Crippen molar-refractivity contribution >= 4 is 70.9 Å². The van der Waals surface area contributed by atoms with E-state index in [1.807, 2.05) is 27.7 Å². The summed E-state index contributed by atoms with van der Waals surface area (Å²) < 4.78 is 0. The normalized spacial score (nSPS) is 26.0. The number of carbonyl (C=O) groups is 12. The van der Waals surface area contributed by atoms with Crippen molar-refractivity contribution in [3.8, 4) is 11.5 Å². The molecule has 3 fully saturated rings. The number of benzene rings is 3. The Hall–Kier alpha value is -9.18. The summed E-state index contributed by atoms with van der Waals surface area (Å²) in [4.78, 5) is 179. The van der Waals surface area contributed by atoms with Crippen molar-refractivity contribution in [3.05, 3.63) is 95.6 Å². The second-order valence-corrected chi connectivity index (χ2v) is 28.1. The first-order chi connectivity index (χ1) is 47.5. The quantitative estimate of drug-likeness (QED) is 0.0840. The molecular formula is C72H106N14O14. The van der Waals surface area contributed by atoms with Gasteiger partial charge in [0.05, 0.1) is 0 Å². The molecule has 3 aromatic rings. The van der Waals surface area contributed by atoms with Crippen LogP contribution >= 0.6 is 0 Å². The number of carbonyl (C=O) groups excluding carboxylic acids is 12. The number of amides is 12. The number of hydrogen-bond acceptors (Lipinski definition) is 16. The van der Waals surface area contributed by atoms with Crippen molar-refractivity contribution < 1.29 is 67.7 Å². The predicted octanol–water partition coefficient (Wildman–Crippen LogP) is 0.871. The Morgan fingerprint density at radius 3 is 1.11 bits per heavy atom. The average Bonchev–Trinajstić information content (AvgIpc) is 1.57. The monoisotopic (exact) mass is 1390 g/mol. The summed E-state index contributed by atoms with van der Waals surface area (Å²) in [7, 11) is 0. The molecule has 3 heterocycles. The van der Waals surface area contributed by atoms with E-state index in [9.17, 15) is 63.0 Å². The molecule has 3 saturated heterocycles. The number of nitrogens with zero attached hydrogens (tertiary/aromatic N) is 2. The van der Waals surface area contributed by atoms with Crippen LogP contribution in [0.15, 0.2) is 78.9 Å². The summed E-state index contributed by atoms with van der Waals surface area (Å²) >= 11 is 0. The van der Waals surface area contributed by atoms with Gasteiger partial charge >= 0.3 is 0 Å². The number of rotatable bonds is 18. The minimum Gasteiger partial charge on any atom is -0.508 e. The summed E-state index contributed by atoms with van der Waals surface area (Å²) in [6.45, 7) is 15.8. The Labute approximate surface area is 585 Å². The molecule has 0 saturated carbocycles.